The van der Waals surface area contributed by atoms with E-state index in [4.69, 9.17) is 9.51 Å². The SMILES string of the molecule is C=C(C1C=CN=CC1)N1CCN(Cc2c(-c3ccc(C)cc3)nc3ccc(-c4ncon4)cn23)CC1. The lowest BCUT2D eigenvalue weighted by atomic mass is 10.00. The first-order valence-corrected chi connectivity index (χ1v) is 12.3. The van der Waals surface area contributed by atoms with Gasteiger partial charge in [0.25, 0.3) is 0 Å². The second kappa shape index (κ2) is 9.54. The number of rotatable bonds is 6. The van der Waals surface area contributed by atoms with Gasteiger partial charge in [0.1, 0.15) is 5.65 Å². The topological polar surface area (TPSA) is 75.1 Å². The van der Waals surface area contributed by atoms with Crippen LogP contribution in [0.3, 0.4) is 0 Å². The summed E-state index contributed by atoms with van der Waals surface area (Å²) in [5.41, 5.74) is 7.53. The minimum atomic E-state index is 0.351. The Balaban J connectivity index is 1.28. The second-order valence-corrected chi connectivity index (χ2v) is 9.44. The molecule has 4 aromatic rings. The zero-order valence-electron chi connectivity index (χ0n) is 20.4. The van der Waals surface area contributed by atoms with Gasteiger partial charge in [-0.05, 0) is 25.5 Å². The summed E-state index contributed by atoms with van der Waals surface area (Å²) in [6, 6.07) is 12.6. The van der Waals surface area contributed by atoms with Gasteiger partial charge in [0.05, 0.1) is 11.4 Å². The Morgan fingerprint density at radius 2 is 1.86 bits per heavy atom. The molecule has 182 valence electrons. The number of aryl methyl sites for hydroxylation is 1. The van der Waals surface area contributed by atoms with Crippen molar-refractivity contribution < 1.29 is 4.52 Å². The van der Waals surface area contributed by atoms with Crippen molar-refractivity contribution in [2.75, 3.05) is 26.2 Å². The van der Waals surface area contributed by atoms with E-state index in [9.17, 15) is 0 Å². The van der Waals surface area contributed by atoms with Gasteiger partial charge in [0.15, 0.2) is 0 Å². The fourth-order valence-electron chi connectivity index (χ4n) is 4.97. The van der Waals surface area contributed by atoms with Gasteiger partial charge in [0, 0.05) is 74.1 Å². The van der Waals surface area contributed by atoms with Gasteiger partial charge in [-0.25, -0.2) is 4.98 Å². The average Bonchev–Trinajstić information content (AvgIpc) is 3.58. The molecule has 0 aliphatic carbocycles. The maximum absolute atomic E-state index is 5.03. The number of aliphatic imine (C=N–C) groups is 1. The van der Waals surface area contributed by atoms with E-state index in [2.05, 4.69) is 79.4 Å². The first kappa shape index (κ1) is 22.4. The van der Waals surface area contributed by atoms with Crippen LogP contribution < -0.4 is 0 Å². The highest BCUT2D eigenvalue weighted by Crippen LogP contribution is 2.29. The quantitative estimate of drug-likeness (QED) is 0.403. The number of fused-ring (bicyclic) bond motifs is 1. The van der Waals surface area contributed by atoms with Crippen LogP contribution >= 0.6 is 0 Å². The van der Waals surface area contributed by atoms with E-state index in [-0.39, 0.29) is 0 Å². The molecule has 0 saturated carbocycles. The van der Waals surface area contributed by atoms with Crippen LogP contribution in [0.1, 0.15) is 17.7 Å². The van der Waals surface area contributed by atoms with E-state index in [1.165, 1.54) is 17.7 Å². The molecule has 1 atom stereocenters. The average molecular weight is 480 g/mol. The highest BCUT2D eigenvalue weighted by Gasteiger charge is 2.24. The molecule has 0 amide bonds. The molecule has 6 rings (SSSR count). The molecule has 1 saturated heterocycles. The lowest BCUT2D eigenvalue weighted by molar-refractivity contribution is 0.145. The third-order valence-corrected chi connectivity index (χ3v) is 7.11. The van der Waals surface area contributed by atoms with Gasteiger partial charge in [-0.2, -0.15) is 4.98 Å². The van der Waals surface area contributed by atoms with Gasteiger partial charge < -0.3 is 13.8 Å². The number of nitrogens with zero attached hydrogens (tertiary/aromatic N) is 7. The maximum atomic E-state index is 5.03. The van der Waals surface area contributed by atoms with Crippen molar-refractivity contribution >= 4 is 11.9 Å². The smallest absolute Gasteiger partial charge is 0.214 e. The molecular weight excluding hydrogens is 450 g/mol. The van der Waals surface area contributed by atoms with E-state index in [1.54, 1.807) is 0 Å². The Kier molecular flexibility index (Phi) is 5.95. The molecule has 2 aliphatic heterocycles. The molecule has 2 aliphatic rings. The largest absolute Gasteiger partial charge is 0.372 e. The third kappa shape index (κ3) is 4.35. The number of aromatic nitrogens is 4. The standard InChI is InChI=1S/C28H29N7O/c1-20-3-5-23(6-4-20)27-25(35-17-24(7-8-26(35)31-27)28-30-19-36-32-28)18-33-13-15-34(16-14-33)21(2)22-9-11-29-12-10-22/h3-9,11-12,17,19,22H,2,10,13-16,18H2,1H3. The Morgan fingerprint density at radius 1 is 1.06 bits per heavy atom. The molecule has 0 radical (unpaired) electrons. The van der Waals surface area contributed by atoms with Gasteiger partial charge in [-0.15, -0.1) is 0 Å². The van der Waals surface area contributed by atoms with Crippen LogP contribution in [0.5, 0.6) is 0 Å². The molecule has 0 bridgehead atoms. The summed E-state index contributed by atoms with van der Waals surface area (Å²) in [5, 5.41) is 4.02. The molecular formula is C28H29N7O. The zero-order chi connectivity index (χ0) is 24.5. The van der Waals surface area contributed by atoms with Crippen molar-refractivity contribution in [1.29, 1.82) is 0 Å². The van der Waals surface area contributed by atoms with Crippen LogP contribution in [0.4, 0.5) is 0 Å². The van der Waals surface area contributed by atoms with Gasteiger partial charge in [-0.3, -0.25) is 9.89 Å². The van der Waals surface area contributed by atoms with Crippen LogP contribution in [-0.2, 0) is 6.54 Å². The van der Waals surface area contributed by atoms with E-state index in [0.29, 0.717) is 11.7 Å². The van der Waals surface area contributed by atoms with Crippen molar-refractivity contribution in [3.63, 3.8) is 0 Å². The lowest BCUT2D eigenvalue weighted by Crippen LogP contribution is -2.46. The van der Waals surface area contributed by atoms with Crippen LogP contribution in [0.25, 0.3) is 28.3 Å². The number of pyridine rings is 1. The minimum absolute atomic E-state index is 0.351. The van der Waals surface area contributed by atoms with E-state index in [0.717, 1.165) is 67.3 Å². The summed E-state index contributed by atoms with van der Waals surface area (Å²) in [7, 11) is 0. The normalized spacial score (nSPS) is 18.2. The number of piperazine rings is 1. The minimum Gasteiger partial charge on any atom is -0.372 e. The Morgan fingerprint density at radius 3 is 2.58 bits per heavy atom. The first-order chi connectivity index (χ1) is 17.7. The Labute approximate surface area is 210 Å². The molecule has 5 heterocycles. The summed E-state index contributed by atoms with van der Waals surface area (Å²) in [5.74, 6) is 0.923. The fraction of sp³-hybridized carbons (Fsp3) is 0.286. The predicted octanol–water partition coefficient (Wildman–Crippen LogP) is 4.60. The predicted molar refractivity (Wildman–Crippen MR) is 140 cm³/mol. The van der Waals surface area contributed by atoms with Gasteiger partial charge >= 0.3 is 0 Å². The second-order valence-electron chi connectivity index (χ2n) is 9.44. The summed E-state index contributed by atoms with van der Waals surface area (Å²) in [6.07, 6.45) is 10.4. The summed E-state index contributed by atoms with van der Waals surface area (Å²) in [4.78, 5) is 18.4. The van der Waals surface area contributed by atoms with E-state index in [1.807, 2.05) is 24.5 Å². The number of imidazole rings is 1. The van der Waals surface area contributed by atoms with Crippen molar-refractivity contribution in [3.8, 4) is 22.6 Å². The number of allylic oxidation sites excluding steroid dienone is 1. The lowest BCUT2D eigenvalue weighted by Gasteiger charge is -2.38. The summed E-state index contributed by atoms with van der Waals surface area (Å²) in [6.45, 7) is 11.2. The van der Waals surface area contributed by atoms with Gasteiger partial charge in [0.2, 0.25) is 12.2 Å². The molecule has 36 heavy (non-hydrogen) atoms. The number of benzene rings is 1. The molecule has 3 aromatic heterocycles. The molecule has 8 nitrogen and oxygen atoms in total. The fourth-order valence-corrected chi connectivity index (χ4v) is 4.97. The highest BCUT2D eigenvalue weighted by atomic mass is 16.5. The molecule has 8 heteroatoms. The van der Waals surface area contributed by atoms with Crippen LogP contribution in [0, 0.1) is 12.8 Å². The van der Waals surface area contributed by atoms with Crippen LogP contribution in [0.15, 0.2) is 83.1 Å². The monoisotopic (exact) mass is 479 g/mol. The summed E-state index contributed by atoms with van der Waals surface area (Å²) >= 11 is 0. The molecule has 1 aromatic carbocycles. The Hall–Kier alpha value is -4.04. The van der Waals surface area contributed by atoms with Crippen molar-refractivity contribution in [1.82, 2.24) is 29.3 Å². The number of hydrogen-bond acceptors (Lipinski definition) is 7. The van der Waals surface area contributed by atoms with Crippen LogP contribution in [0.2, 0.25) is 0 Å². The highest BCUT2D eigenvalue weighted by molar-refractivity contribution is 5.68. The van der Waals surface area contributed by atoms with E-state index >= 15 is 0 Å². The Bertz CT molecular complexity index is 1420. The first-order valence-electron chi connectivity index (χ1n) is 12.3. The number of hydrogen-bond donors (Lipinski definition) is 0. The molecule has 0 N–H and O–H groups in total. The maximum Gasteiger partial charge on any atom is 0.214 e. The van der Waals surface area contributed by atoms with Crippen molar-refractivity contribution in [3.05, 3.63) is 84.8 Å². The summed E-state index contributed by atoms with van der Waals surface area (Å²) < 4.78 is 7.15. The van der Waals surface area contributed by atoms with Gasteiger partial charge in [-0.1, -0.05) is 47.6 Å². The van der Waals surface area contributed by atoms with Crippen molar-refractivity contribution in [2.24, 2.45) is 10.9 Å². The van der Waals surface area contributed by atoms with E-state index < -0.39 is 0 Å². The zero-order valence-corrected chi connectivity index (χ0v) is 20.4. The third-order valence-electron chi connectivity index (χ3n) is 7.11. The van der Waals surface area contributed by atoms with Crippen LogP contribution in [-0.4, -0.2) is 61.7 Å². The molecule has 1 fully saturated rings. The molecule has 0 spiro atoms. The molecule has 1 unspecified atom stereocenters. The van der Waals surface area contributed by atoms with Crippen molar-refractivity contribution in [2.45, 2.75) is 19.9 Å².